The molecule has 4 nitrogen and oxygen atoms in total. The van der Waals surface area contributed by atoms with E-state index in [1.54, 1.807) is 18.4 Å². The molecule has 6 heteroatoms. The van der Waals surface area contributed by atoms with Gasteiger partial charge in [0.2, 0.25) is 0 Å². The molecular weight excluding hydrogens is 466 g/mol. The fraction of sp³-hybridized carbons (Fsp3) is 0.286. The fourth-order valence-corrected chi connectivity index (χ4v) is 5.43. The lowest BCUT2D eigenvalue weighted by molar-refractivity contribution is 0.183. The first-order valence-corrected chi connectivity index (χ1v) is 12.9. The van der Waals surface area contributed by atoms with Crippen molar-refractivity contribution in [2.45, 2.75) is 19.3 Å². The van der Waals surface area contributed by atoms with E-state index >= 15 is 0 Å². The lowest BCUT2D eigenvalue weighted by Crippen LogP contribution is -2.33. The molecule has 1 aliphatic rings. The van der Waals surface area contributed by atoms with Gasteiger partial charge in [0.05, 0.1) is 11.4 Å². The molecule has 0 spiro atoms. The molecule has 34 heavy (non-hydrogen) atoms. The Morgan fingerprint density at radius 3 is 2.35 bits per heavy atom. The third kappa shape index (κ3) is 5.33. The minimum absolute atomic E-state index is 0.703. The molecule has 0 saturated carbocycles. The minimum Gasteiger partial charge on any atom is -0.497 e. The van der Waals surface area contributed by atoms with E-state index in [1.807, 2.05) is 54.6 Å². The molecule has 3 aromatic carbocycles. The maximum atomic E-state index is 6.47. The molecule has 1 saturated heterocycles. The summed E-state index contributed by atoms with van der Waals surface area (Å²) in [5, 5.41) is 2.07. The van der Waals surface area contributed by atoms with Crippen LogP contribution in [0.15, 0.2) is 66.7 Å². The Balaban J connectivity index is 1.36. The maximum Gasteiger partial charge on any atom is 0.143 e. The van der Waals surface area contributed by atoms with Crippen molar-refractivity contribution in [2.24, 2.45) is 0 Å². The van der Waals surface area contributed by atoms with E-state index in [-0.39, 0.29) is 0 Å². The van der Waals surface area contributed by atoms with Crippen LogP contribution >= 0.6 is 22.9 Å². The van der Waals surface area contributed by atoms with Gasteiger partial charge in [-0.25, -0.2) is 0 Å². The van der Waals surface area contributed by atoms with Crippen molar-refractivity contribution < 1.29 is 14.2 Å². The van der Waals surface area contributed by atoms with Crippen molar-refractivity contribution in [3.63, 3.8) is 0 Å². The van der Waals surface area contributed by atoms with Gasteiger partial charge >= 0.3 is 0 Å². The molecule has 176 valence electrons. The number of nitrogens with zero attached hydrogens (tertiary/aromatic N) is 1. The number of hydrogen-bond acceptors (Lipinski definition) is 5. The Bertz CT molecular complexity index is 1250. The fourth-order valence-electron chi connectivity index (χ4n) is 4.37. The summed E-state index contributed by atoms with van der Waals surface area (Å²) >= 11 is 7.78. The SMILES string of the molecule is COc1ccc2c(Oc3ccc(OCCN4CCCCC4)cc3)c(-c3ccc(Cl)s3)ccc2c1. The Labute approximate surface area is 209 Å². The van der Waals surface area contributed by atoms with E-state index in [1.165, 1.54) is 32.4 Å². The molecule has 0 radical (unpaired) electrons. The lowest BCUT2D eigenvalue weighted by Gasteiger charge is -2.26. The molecule has 0 amide bonds. The average molecular weight is 494 g/mol. The number of thiophene rings is 1. The van der Waals surface area contributed by atoms with Crippen LogP contribution in [0.3, 0.4) is 0 Å². The summed E-state index contributed by atoms with van der Waals surface area (Å²) in [7, 11) is 1.68. The monoisotopic (exact) mass is 493 g/mol. The lowest BCUT2D eigenvalue weighted by atomic mass is 10.0. The van der Waals surface area contributed by atoms with Gasteiger partial charge in [-0.15, -0.1) is 11.3 Å². The summed E-state index contributed by atoms with van der Waals surface area (Å²) in [6, 6.07) is 22.0. The van der Waals surface area contributed by atoms with E-state index in [9.17, 15) is 0 Å². The van der Waals surface area contributed by atoms with E-state index in [0.29, 0.717) is 6.61 Å². The van der Waals surface area contributed by atoms with Crippen LogP contribution in [0.5, 0.6) is 23.0 Å². The minimum atomic E-state index is 0.703. The molecule has 1 fully saturated rings. The molecule has 0 atom stereocenters. The molecule has 2 heterocycles. The van der Waals surface area contributed by atoms with Gasteiger partial charge in [0.1, 0.15) is 29.6 Å². The molecule has 0 bridgehead atoms. The summed E-state index contributed by atoms with van der Waals surface area (Å²) in [6.07, 6.45) is 3.95. The van der Waals surface area contributed by atoms with Crippen LogP contribution in [0.4, 0.5) is 0 Å². The zero-order valence-corrected chi connectivity index (χ0v) is 20.8. The second-order valence-electron chi connectivity index (χ2n) is 8.46. The summed E-state index contributed by atoms with van der Waals surface area (Å²) in [6.45, 7) is 4.05. The van der Waals surface area contributed by atoms with Gasteiger partial charge in [-0.1, -0.05) is 24.1 Å². The zero-order valence-electron chi connectivity index (χ0n) is 19.3. The van der Waals surface area contributed by atoms with Crippen LogP contribution in [0, 0.1) is 0 Å². The Morgan fingerprint density at radius 2 is 1.62 bits per heavy atom. The normalized spacial score (nSPS) is 14.3. The van der Waals surface area contributed by atoms with Gasteiger partial charge in [0, 0.05) is 22.4 Å². The Kier molecular flexibility index (Phi) is 7.24. The highest BCUT2D eigenvalue weighted by Crippen LogP contribution is 2.43. The number of fused-ring (bicyclic) bond motifs is 1. The van der Waals surface area contributed by atoms with Crippen molar-refractivity contribution in [2.75, 3.05) is 33.4 Å². The Hall–Kier alpha value is -2.73. The number of halogens is 1. The predicted octanol–water partition coefficient (Wildman–Crippen LogP) is 7.89. The predicted molar refractivity (Wildman–Crippen MR) is 141 cm³/mol. The highest BCUT2D eigenvalue weighted by molar-refractivity contribution is 7.19. The topological polar surface area (TPSA) is 30.9 Å². The second-order valence-corrected chi connectivity index (χ2v) is 10.2. The van der Waals surface area contributed by atoms with Gasteiger partial charge < -0.3 is 14.2 Å². The highest BCUT2D eigenvalue weighted by Gasteiger charge is 2.15. The molecule has 1 aliphatic heterocycles. The van der Waals surface area contributed by atoms with Crippen LogP contribution in [0.2, 0.25) is 4.34 Å². The number of methoxy groups -OCH3 is 1. The summed E-state index contributed by atoms with van der Waals surface area (Å²) in [4.78, 5) is 3.55. The van der Waals surface area contributed by atoms with E-state index in [2.05, 4.69) is 17.0 Å². The summed E-state index contributed by atoms with van der Waals surface area (Å²) < 4.78 is 18.6. The van der Waals surface area contributed by atoms with Crippen LogP contribution in [-0.4, -0.2) is 38.3 Å². The second kappa shape index (κ2) is 10.7. The summed E-state index contributed by atoms with van der Waals surface area (Å²) in [5.74, 6) is 3.24. The van der Waals surface area contributed by atoms with Gasteiger partial charge in [-0.05, 0) is 92.0 Å². The van der Waals surface area contributed by atoms with E-state index < -0.39 is 0 Å². The summed E-state index contributed by atoms with van der Waals surface area (Å²) in [5.41, 5.74) is 1.01. The first-order chi connectivity index (χ1) is 16.7. The molecule has 0 aliphatic carbocycles. The van der Waals surface area contributed by atoms with Crippen molar-refractivity contribution in [1.82, 2.24) is 4.90 Å². The number of hydrogen-bond donors (Lipinski definition) is 0. The van der Waals surface area contributed by atoms with Crippen molar-refractivity contribution in [1.29, 1.82) is 0 Å². The van der Waals surface area contributed by atoms with Crippen LogP contribution in [0.25, 0.3) is 21.2 Å². The highest BCUT2D eigenvalue weighted by atomic mass is 35.5. The number of benzene rings is 3. The molecular formula is C28H28ClNO3S. The third-order valence-electron chi connectivity index (χ3n) is 6.18. The molecule has 0 N–H and O–H groups in total. The maximum absolute atomic E-state index is 6.47. The van der Waals surface area contributed by atoms with Gasteiger partial charge in [-0.2, -0.15) is 0 Å². The van der Waals surface area contributed by atoms with Crippen molar-refractivity contribution in [3.8, 4) is 33.4 Å². The van der Waals surface area contributed by atoms with E-state index in [4.69, 9.17) is 25.8 Å². The molecule has 0 unspecified atom stereocenters. The van der Waals surface area contributed by atoms with Crippen LogP contribution < -0.4 is 14.2 Å². The number of likely N-dealkylation sites (tertiary alicyclic amines) is 1. The first-order valence-electron chi connectivity index (χ1n) is 11.7. The zero-order chi connectivity index (χ0) is 23.3. The molecule has 4 aromatic rings. The quantitative estimate of drug-likeness (QED) is 0.249. The third-order valence-corrected chi connectivity index (χ3v) is 7.45. The first kappa shape index (κ1) is 23.0. The van der Waals surface area contributed by atoms with Crippen LogP contribution in [0.1, 0.15) is 19.3 Å². The number of rotatable bonds is 8. The van der Waals surface area contributed by atoms with Crippen LogP contribution in [-0.2, 0) is 0 Å². The number of ether oxygens (including phenoxy) is 3. The average Bonchev–Trinajstić information content (AvgIpc) is 3.31. The smallest absolute Gasteiger partial charge is 0.143 e. The molecule has 5 rings (SSSR count). The van der Waals surface area contributed by atoms with E-state index in [0.717, 1.165) is 55.1 Å². The van der Waals surface area contributed by atoms with Gasteiger partial charge in [0.25, 0.3) is 0 Å². The van der Waals surface area contributed by atoms with Gasteiger partial charge in [0.15, 0.2) is 0 Å². The number of piperidine rings is 1. The van der Waals surface area contributed by atoms with Gasteiger partial charge in [-0.3, -0.25) is 4.90 Å². The van der Waals surface area contributed by atoms with Crippen molar-refractivity contribution in [3.05, 3.63) is 71.1 Å². The molecule has 1 aromatic heterocycles. The van der Waals surface area contributed by atoms with Crippen molar-refractivity contribution >= 4 is 33.7 Å². The largest absolute Gasteiger partial charge is 0.497 e. The Morgan fingerprint density at radius 1 is 0.853 bits per heavy atom. The standard InChI is InChI=1S/C28H28ClNO3S/c1-31-23-10-12-24-20(19-23)5-11-25(26-13-14-27(29)34-26)28(24)33-22-8-6-21(7-9-22)32-18-17-30-15-3-2-4-16-30/h5-14,19H,2-4,15-18H2,1H3.